The first-order valence-corrected chi connectivity index (χ1v) is 7.35. The predicted molar refractivity (Wildman–Crippen MR) is 77.7 cm³/mol. The Labute approximate surface area is 122 Å². The zero-order valence-corrected chi connectivity index (χ0v) is 11.7. The molecule has 3 atom stereocenters. The van der Waals surface area contributed by atoms with Crippen molar-refractivity contribution in [1.29, 1.82) is 0 Å². The second-order valence-corrected chi connectivity index (χ2v) is 5.83. The molecule has 3 unspecified atom stereocenters. The van der Waals surface area contributed by atoms with Gasteiger partial charge in [-0.3, -0.25) is 4.79 Å². The zero-order valence-electron chi connectivity index (χ0n) is 11.7. The molecule has 2 saturated heterocycles. The van der Waals surface area contributed by atoms with E-state index in [4.69, 9.17) is 4.52 Å². The summed E-state index contributed by atoms with van der Waals surface area (Å²) in [5, 5.41) is 6.98. The quantitative estimate of drug-likeness (QED) is 0.932. The molecule has 2 fully saturated rings. The lowest BCUT2D eigenvalue weighted by Gasteiger charge is -2.22. The largest absolute Gasteiger partial charge is 0.355 e. The summed E-state index contributed by atoms with van der Waals surface area (Å²) >= 11 is 0. The van der Waals surface area contributed by atoms with Gasteiger partial charge in [0.15, 0.2) is 11.5 Å². The van der Waals surface area contributed by atoms with Crippen LogP contribution >= 0.6 is 0 Å². The van der Waals surface area contributed by atoms with Gasteiger partial charge in [-0.1, -0.05) is 35.5 Å². The summed E-state index contributed by atoms with van der Waals surface area (Å²) in [6, 6.07) is 11.6. The summed E-state index contributed by atoms with van der Waals surface area (Å²) < 4.78 is 5.28. The SMILES string of the molecule is O=C(NC1CN2CCC1C2)c1cc(-c2ccccc2)on1. The molecule has 3 heterocycles. The molecule has 2 aromatic rings. The molecular formula is C16H17N3O2. The van der Waals surface area contributed by atoms with E-state index < -0.39 is 0 Å². The van der Waals surface area contributed by atoms with Crippen molar-refractivity contribution in [2.75, 3.05) is 19.6 Å². The number of fused-ring (bicyclic) bond motifs is 2. The average molecular weight is 283 g/mol. The molecule has 0 saturated carbocycles. The van der Waals surface area contributed by atoms with Crippen molar-refractivity contribution < 1.29 is 9.32 Å². The van der Waals surface area contributed by atoms with Crippen LogP contribution in [0.4, 0.5) is 0 Å². The summed E-state index contributed by atoms with van der Waals surface area (Å²) in [5.41, 5.74) is 1.28. The van der Waals surface area contributed by atoms with Crippen molar-refractivity contribution >= 4 is 5.91 Å². The third kappa shape index (κ3) is 2.34. The van der Waals surface area contributed by atoms with Gasteiger partial charge in [0.2, 0.25) is 0 Å². The Morgan fingerprint density at radius 1 is 1.29 bits per heavy atom. The first kappa shape index (κ1) is 12.6. The highest BCUT2D eigenvalue weighted by atomic mass is 16.5. The third-order valence-corrected chi connectivity index (χ3v) is 4.45. The van der Waals surface area contributed by atoms with Crippen molar-refractivity contribution in [2.24, 2.45) is 5.92 Å². The molecule has 1 N–H and O–H groups in total. The minimum Gasteiger partial charge on any atom is -0.355 e. The number of amides is 1. The normalized spacial score (nSPS) is 27.0. The standard InChI is InChI=1S/C16H17N3O2/c20-16(17-14-10-19-7-6-12(14)9-19)13-8-15(21-18-13)11-4-2-1-3-5-11/h1-5,8,12,14H,6-7,9-10H2,(H,17,20). The van der Waals surface area contributed by atoms with Crippen LogP contribution in [0.1, 0.15) is 16.9 Å². The van der Waals surface area contributed by atoms with Crippen molar-refractivity contribution in [1.82, 2.24) is 15.4 Å². The topological polar surface area (TPSA) is 58.4 Å². The van der Waals surface area contributed by atoms with Crippen LogP contribution in [0.2, 0.25) is 0 Å². The van der Waals surface area contributed by atoms with Crippen molar-refractivity contribution in [3.05, 3.63) is 42.1 Å². The Morgan fingerprint density at radius 2 is 2.14 bits per heavy atom. The fraction of sp³-hybridized carbons (Fsp3) is 0.375. The molecule has 4 rings (SSSR count). The lowest BCUT2D eigenvalue weighted by molar-refractivity contribution is 0.0915. The molecule has 0 aliphatic carbocycles. The number of rotatable bonds is 3. The van der Waals surface area contributed by atoms with Crippen LogP contribution in [0.25, 0.3) is 11.3 Å². The Bertz CT molecular complexity index is 653. The first-order valence-electron chi connectivity index (χ1n) is 7.35. The van der Waals surface area contributed by atoms with Crippen LogP contribution in [0.3, 0.4) is 0 Å². The molecular weight excluding hydrogens is 266 g/mol. The summed E-state index contributed by atoms with van der Waals surface area (Å²) in [6.45, 7) is 3.23. The number of nitrogens with zero attached hydrogens (tertiary/aromatic N) is 2. The Morgan fingerprint density at radius 3 is 2.86 bits per heavy atom. The Hall–Kier alpha value is -2.14. The van der Waals surface area contributed by atoms with E-state index in [2.05, 4.69) is 15.4 Å². The smallest absolute Gasteiger partial charge is 0.273 e. The van der Waals surface area contributed by atoms with Gasteiger partial charge in [0, 0.05) is 30.8 Å². The number of benzene rings is 1. The van der Waals surface area contributed by atoms with Gasteiger partial charge >= 0.3 is 0 Å². The van der Waals surface area contributed by atoms with Crippen molar-refractivity contribution in [3.63, 3.8) is 0 Å². The number of hydrogen-bond donors (Lipinski definition) is 1. The van der Waals surface area contributed by atoms with E-state index in [1.54, 1.807) is 6.07 Å². The van der Waals surface area contributed by atoms with E-state index >= 15 is 0 Å². The van der Waals surface area contributed by atoms with E-state index in [1.807, 2.05) is 30.3 Å². The fourth-order valence-electron chi connectivity index (χ4n) is 3.31. The summed E-state index contributed by atoms with van der Waals surface area (Å²) in [6.07, 6.45) is 1.18. The highest BCUT2D eigenvalue weighted by Gasteiger charge is 2.38. The molecule has 21 heavy (non-hydrogen) atoms. The summed E-state index contributed by atoms with van der Waals surface area (Å²) in [7, 11) is 0. The molecule has 0 radical (unpaired) electrons. The number of carbonyl (C=O) groups is 1. The second kappa shape index (κ2) is 5.00. The van der Waals surface area contributed by atoms with E-state index in [-0.39, 0.29) is 11.9 Å². The van der Waals surface area contributed by atoms with Crippen molar-refractivity contribution in [3.8, 4) is 11.3 Å². The Balaban J connectivity index is 1.47. The first-order chi connectivity index (χ1) is 10.3. The minimum absolute atomic E-state index is 0.139. The van der Waals surface area contributed by atoms with Gasteiger partial charge in [0.1, 0.15) is 0 Å². The van der Waals surface area contributed by atoms with Crippen LogP contribution in [0, 0.1) is 5.92 Å². The summed E-state index contributed by atoms with van der Waals surface area (Å²) in [5.74, 6) is 1.08. The highest BCUT2D eigenvalue weighted by Crippen LogP contribution is 2.28. The number of hydrogen-bond acceptors (Lipinski definition) is 4. The van der Waals surface area contributed by atoms with Gasteiger partial charge in [-0.25, -0.2) is 0 Å². The zero-order chi connectivity index (χ0) is 14.2. The molecule has 1 amide bonds. The molecule has 5 nitrogen and oxygen atoms in total. The maximum Gasteiger partial charge on any atom is 0.273 e. The predicted octanol–water partition coefficient (Wildman–Crippen LogP) is 1.78. The molecule has 1 aromatic carbocycles. The molecule has 2 aliphatic heterocycles. The monoisotopic (exact) mass is 283 g/mol. The Kier molecular flexibility index (Phi) is 3.00. The van der Waals surface area contributed by atoms with Gasteiger partial charge < -0.3 is 14.7 Å². The van der Waals surface area contributed by atoms with Gasteiger partial charge in [0.05, 0.1) is 0 Å². The minimum atomic E-state index is -0.139. The maximum atomic E-state index is 12.3. The molecule has 2 bridgehead atoms. The van der Waals surface area contributed by atoms with Crippen LogP contribution in [-0.4, -0.2) is 41.6 Å². The molecule has 108 valence electrons. The van der Waals surface area contributed by atoms with E-state index in [0.29, 0.717) is 17.4 Å². The van der Waals surface area contributed by atoms with Gasteiger partial charge in [-0.2, -0.15) is 0 Å². The molecule has 2 aliphatic rings. The van der Waals surface area contributed by atoms with Crippen LogP contribution in [-0.2, 0) is 0 Å². The van der Waals surface area contributed by atoms with Gasteiger partial charge in [0.25, 0.3) is 5.91 Å². The van der Waals surface area contributed by atoms with Crippen molar-refractivity contribution in [2.45, 2.75) is 12.5 Å². The molecule has 5 heteroatoms. The van der Waals surface area contributed by atoms with Gasteiger partial charge in [-0.05, 0) is 18.9 Å². The lowest BCUT2D eigenvalue weighted by atomic mass is 10.00. The summed E-state index contributed by atoms with van der Waals surface area (Å²) in [4.78, 5) is 14.7. The highest BCUT2D eigenvalue weighted by molar-refractivity contribution is 5.93. The average Bonchev–Trinajstić information content (AvgIpc) is 3.24. The third-order valence-electron chi connectivity index (χ3n) is 4.45. The molecule has 0 spiro atoms. The lowest BCUT2D eigenvalue weighted by Crippen LogP contribution is -2.43. The maximum absolute atomic E-state index is 12.3. The van der Waals surface area contributed by atoms with E-state index in [9.17, 15) is 4.79 Å². The van der Waals surface area contributed by atoms with Gasteiger partial charge in [-0.15, -0.1) is 0 Å². The molecule has 1 aromatic heterocycles. The van der Waals surface area contributed by atoms with Crippen LogP contribution in [0.5, 0.6) is 0 Å². The number of nitrogens with one attached hydrogen (secondary N) is 1. The number of piperidine rings is 1. The van der Waals surface area contributed by atoms with Crippen LogP contribution in [0.15, 0.2) is 40.9 Å². The second-order valence-electron chi connectivity index (χ2n) is 5.83. The van der Waals surface area contributed by atoms with Crippen LogP contribution < -0.4 is 5.32 Å². The van der Waals surface area contributed by atoms with E-state index in [0.717, 1.165) is 18.7 Å². The number of aromatic nitrogens is 1. The fourth-order valence-corrected chi connectivity index (χ4v) is 3.31. The van der Waals surface area contributed by atoms with E-state index in [1.165, 1.54) is 13.0 Å². The number of carbonyl (C=O) groups excluding carboxylic acids is 1.